The topological polar surface area (TPSA) is 56.7 Å². The molecule has 0 fully saturated rings. The van der Waals surface area contributed by atoms with Crippen LogP contribution in [0.15, 0.2) is 59.6 Å². The molecule has 0 radical (unpaired) electrons. The van der Waals surface area contributed by atoms with Gasteiger partial charge in [0.05, 0.1) is 6.04 Å². The molecular weight excluding hydrogens is 425 g/mol. The molecule has 0 amide bonds. The predicted octanol–water partition coefficient (Wildman–Crippen LogP) is 4.26. The number of aryl methyl sites for hydroxylation is 1. The van der Waals surface area contributed by atoms with Crippen molar-refractivity contribution in [2.45, 2.75) is 32.7 Å². The molecule has 2 aromatic rings. The second-order valence-electron chi connectivity index (χ2n) is 5.81. The van der Waals surface area contributed by atoms with Gasteiger partial charge < -0.3 is 15.7 Å². The first kappa shape index (κ1) is 21.3. The third-order valence-corrected chi connectivity index (χ3v) is 3.83. The van der Waals surface area contributed by atoms with Gasteiger partial charge in [-0.25, -0.2) is 0 Å². The Morgan fingerprint density at radius 3 is 2.40 bits per heavy atom. The van der Waals surface area contributed by atoms with Gasteiger partial charge in [-0.2, -0.15) is 0 Å². The van der Waals surface area contributed by atoms with Crippen molar-refractivity contribution in [3.8, 4) is 5.75 Å². The van der Waals surface area contributed by atoms with Crippen molar-refractivity contribution >= 4 is 29.9 Å². The van der Waals surface area contributed by atoms with E-state index in [0.717, 1.165) is 31.9 Å². The standard InChI is InChI=1S/C20H27N3O.HI/c1-3-21-20(23-16(2)18-9-5-4-6-10-18)22-15-7-8-17-11-13-19(24)14-12-17;/h4-6,9-14,16,24H,3,7-8,15H2,1-2H3,(H2,21,22,23);1H. The number of halogens is 1. The van der Waals surface area contributed by atoms with Crippen LogP contribution in [0.1, 0.15) is 37.4 Å². The first-order valence-corrected chi connectivity index (χ1v) is 8.56. The fourth-order valence-electron chi connectivity index (χ4n) is 2.49. The normalized spacial score (nSPS) is 12.2. The number of aromatic hydroxyl groups is 1. The first-order valence-electron chi connectivity index (χ1n) is 8.56. The number of hydrogen-bond donors (Lipinski definition) is 3. The summed E-state index contributed by atoms with van der Waals surface area (Å²) in [6.45, 7) is 5.81. The number of phenols is 1. The SMILES string of the molecule is CCNC(=NCCCc1ccc(O)cc1)NC(C)c1ccccc1.I. The third-order valence-electron chi connectivity index (χ3n) is 3.83. The Hall–Kier alpha value is -1.76. The number of guanidine groups is 1. The summed E-state index contributed by atoms with van der Waals surface area (Å²) < 4.78 is 0. The Balaban J connectivity index is 0.00000312. The molecule has 3 N–H and O–H groups in total. The van der Waals surface area contributed by atoms with Crippen LogP contribution in [0, 0.1) is 0 Å². The van der Waals surface area contributed by atoms with E-state index >= 15 is 0 Å². The molecule has 136 valence electrons. The molecule has 0 heterocycles. The summed E-state index contributed by atoms with van der Waals surface area (Å²) in [7, 11) is 0. The molecule has 2 rings (SSSR count). The molecule has 1 atom stereocenters. The highest BCUT2D eigenvalue weighted by Crippen LogP contribution is 2.12. The van der Waals surface area contributed by atoms with E-state index in [1.54, 1.807) is 12.1 Å². The molecule has 0 spiro atoms. The maximum Gasteiger partial charge on any atom is 0.191 e. The number of benzene rings is 2. The largest absolute Gasteiger partial charge is 0.508 e. The van der Waals surface area contributed by atoms with Gasteiger partial charge >= 0.3 is 0 Å². The summed E-state index contributed by atoms with van der Waals surface area (Å²) in [4.78, 5) is 4.66. The molecule has 1 unspecified atom stereocenters. The van der Waals surface area contributed by atoms with Crippen LogP contribution in [0.2, 0.25) is 0 Å². The van der Waals surface area contributed by atoms with Crippen LogP contribution in [0.5, 0.6) is 5.75 Å². The van der Waals surface area contributed by atoms with Crippen molar-refractivity contribution in [2.75, 3.05) is 13.1 Å². The number of phenolic OH excluding ortho intramolecular Hbond substituents is 1. The maximum absolute atomic E-state index is 9.30. The third kappa shape index (κ3) is 7.77. The van der Waals surface area contributed by atoms with Gasteiger partial charge in [0.1, 0.15) is 5.75 Å². The van der Waals surface area contributed by atoms with E-state index in [1.165, 1.54) is 11.1 Å². The zero-order chi connectivity index (χ0) is 17.2. The minimum Gasteiger partial charge on any atom is -0.508 e. The number of nitrogens with zero attached hydrogens (tertiary/aromatic N) is 1. The highest BCUT2D eigenvalue weighted by Gasteiger charge is 2.06. The number of rotatable bonds is 7. The molecule has 25 heavy (non-hydrogen) atoms. The van der Waals surface area contributed by atoms with E-state index in [9.17, 15) is 5.11 Å². The average Bonchev–Trinajstić information content (AvgIpc) is 2.61. The summed E-state index contributed by atoms with van der Waals surface area (Å²) in [5, 5.41) is 16.0. The van der Waals surface area contributed by atoms with E-state index in [1.807, 2.05) is 18.2 Å². The monoisotopic (exact) mass is 453 g/mol. The van der Waals surface area contributed by atoms with Crippen LogP contribution in [0.3, 0.4) is 0 Å². The molecule has 4 nitrogen and oxygen atoms in total. The second-order valence-corrected chi connectivity index (χ2v) is 5.81. The zero-order valence-corrected chi connectivity index (χ0v) is 17.2. The van der Waals surface area contributed by atoms with Crippen molar-refractivity contribution in [2.24, 2.45) is 4.99 Å². The van der Waals surface area contributed by atoms with Gasteiger partial charge in [0.25, 0.3) is 0 Å². The Morgan fingerprint density at radius 1 is 1.08 bits per heavy atom. The van der Waals surface area contributed by atoms with Crippen LogP contribution >= 0.6 is 24.0 Å². The lowest BCUT2D eigenvalue weighted by Crippen LogP contribution is -2.38. The van der Waals surface area contributed by atoms with Crippen LogP contribution in [-0.4, -0.2) is 24.2 Å². The highest BCUT2D eigenvalue weighted by molar-refractivity contribution is 14.0. The van der Waals surface area contributed by atoms with Crippen LogP contribution in [0.25, 0.3) is 0 Å². The van der Waals surface area contributed by atoms with Crippen molar-refractivity contribution in [3.63, 3.8) is 0 Å². The molecule has 0 aromatic heterocycles. The van der Waals surface area contributed by atoms with E-state index in [0.29, 0.717) is 5.75 Å². The molecule has 0 aliphatic carbocycles. The first-order chi connectivity index (χ1) is 11.7. The quantitative estimate of drug-likeness (QED) is 0.254. The van der Waals surface area contributed by atoms with Crippen LogP contribution in [0.4, 0.5) is 0 Å². The summed E-state index contributed by atoms with van der Waals surface area (Å²) in [5.74, 6) is 1.16. The van der Waals surface area contributed by atoms with E-state index in [-0.39, 0.29) is 30.0 Å². The van der Waals surface area contributed by atoms with Crippen molar-refractivity contribution in [1.82, 2.24) is 10.6 Å². The number of nitrogens with one attached hydrogen (secondary N) is 2. The minimum atomic E-state index is 0. The minimum absolute atomic E-state index is 0. The van der Waals surface area contributed by atoms with Crippen molar-refractivity contribution in [3.05, 3.63) is 65.7 Å². The van der Waals surface area contributed by atoms with E-state index < -0.39 is 0 Å². The zero-order valence-electron chi connectivity index (χ0n) is 14.9. The Labute approximate surface area is 167 Å². The Morgan fingerprint density at radius 2 is 1.76 bits per heavy atom. The predicted molar refractivity (Wildman–Crippen MR) is 116 cm³/mol. The van der Waals surface area contributed by atoms with E-state index in [4.69, 9.17) is 0 Å². The molecule has 2 aromatic carbocycles. The molecule has 0 saturated heterocycles. The van der Waals surface area contributed by atoms with Gasteiger partial charge in [0.2, 0.25) is 0 Å². The summed E-state index contributed by atoms with van der Waals surface area (Å²) in [6, 6.07) is 17.9. The summed E-state index contributed by atoms with van der Waals surface area (Å²) in [5.41, 5.74) is 2.46. The van der Waals surface area contributed by atoms with Gasteiger partial charge in [-0.1, -0.05) is 42.5 Å². The van der Waals surface area contributed by atoms with Gasteiger partial charge in [-0.05, 0) is 49.9 Å². The average molecular weight is 453 g/mol. The fraction of sp³-hybridized carbons (Fsp3) is 0.350. The van der Waals surface area contributed by atoms with Crippen molar-refractivity contribution in [1.29, 1.82) is 0 Å². The Kier molecular flexibility index (Phi) is 9.99. The second kappa shape index (κ2) is 11.7. The van der Waals surface area contributed by atoms with E-state index in [2.05, 4.69) is 53.7 Å². The lowest BCUT2D eigenvalue weighted by atomic mass is 10.1. The van der Waals surface area contributed by atoms with Crippen LogP contribution in [-0.2, 0) is 6.42 Å². The van der Waals surface area contributed by atoms with Gasteiger partial charge in [0.15, 0.2) is 5.96 Å². The molecule has 0 saturated carbocycles. The summed E-state index contributed by atoms with van der Waals surface area (Å²) in [6.07, 6.45) is 1.93. The van der Waals surface area contributed by atoms with Gasteiger partial charge in [0, 0.05) is 13.1 Å². The summed E-state index contributed by atoms with van der Waals surface area (Å²) >= 11 is 0. The van der Waals surface area contributed by atoms with Crippen molar-refractivity contribution < 1.29 is 5.11 Å². The molecule has 5 heteroatoms. The Bertz CT molecular complexity index is 629. The lowest BCUT2D eigenvalue weighted by molar-refractivity contribution is 0.475. The highest BCUT2D eigenvalue weighted by atomic mass is 127. The maximum atomic E-state index is 9.30. The fourth-order valence-corrected chi connectivity index (χ4v) is 2.49. The molecule has 0 aliphatic heterocycles. The molecular formula is C20H28IN3O. The van der Waals surface area contributed by atoms with Gasteiger partial charge in [-0.15, -0.1) is 24.0 Å². The number of aliphatic imine (C=N–C) groups is 1. The molecule has 0 aliphatic rings. The van der Waals surface area contributed by atoms with Gasteiger partial charge in [-0.3, -0.25) is 4.99 Å². The number of hydrogen-bond acceptors (Lipinski definition) is 2. The van der Waals surface area contributed by atoms with Crippen LogP contribution < -0.4 is 10.6 Å². The lowest BCUT2D eigenvalue weighted by Gasteiger charge is -2.18. The molecule has 0 bridgehead atoms. The smallest absolute Gasteiger partial charge is 0.191 e.